The van der Waals surface area contributed by atoms with Gasteiger partial charge in [-0.3, -0.25) is 14.6 Å². The van der Waals surface area contributed by atoms with Gasteiger partial charge in [0.25, 0.3) is 0 Å². The fraction of sp³-hybridized carbons (Fsp3) is 0.500. The first kappa shape index (κ1) is 24.6. The molecule has 0 bridgehead atoms. The van der Waals surface area contributed by atoms with E-state index in [-0.39, 0.29) is 11.9 Å². The van der Waals surface area contributed by atoms with E-state index in [9.17, 15) is 4.79 Å². The monoisotopic (exact) mass is 487 g/mol. The zero-order chi connectivity index (χ0) is 24.6. The first-order valence-corrected chi connectivity index (χ1v) is 13.3. The van der Waals surface area contributed by atoms with Crippen LogP contribution in [0.5, 0.6) is 0 Å². The molecule has 3 aliphatic rings. The van der Waals surface area contributed by atoms with Crippen molar-refractivity contribution in [3.63, 3.8) is 0 Å². The average Bonchev–Trinajstić information content (AvgIpc) is 3.55. The van der Waals surface area contributed by atoms with Gasteiger partial charge >= 0.3 is 0 Å². The summed E-state index contributed by atoms with van der Waals surface area (Å²) < 4.78 is 1.98. The largest absolute Gasteiger partial charge is 0.343 e. The maximum atomic E-state index is 12.0. The van der Waals surface area contributed by atoms with Gasteiger partial charge in [-0.1, -0.05) is 66.8 Å². The highest BCUT2D eigenvalue weighted by Gasteiger charge is 2.34. The number of amides is 1. The summed E-state index contributed by atoms with van der Waals surface area (Å²) in [7, 11) is 0. The van der Waals surface area contributed by atoms with E-state index in [1.165, 1.54) is 5.56 Å². The molecular formula is C28H37N7O. The summed E-state index contributed by atoms with van der Waals surface area (Å²) in [6, 6.07) is 10.6. The van der Waals surface area contributed by atoms with Crippen molar-refractivity contribution < 1.29 is 4.79 Å². The second kappa shape index (κ2) is 12.2. The van der Waals surface area contributed by atoms with Crippen LogP contribution in [0.2, 0.25) is 0 Å². The van der Waals surface area contributed by atoms with Crippen molar-refractivity contribution in [2.75, 3.05) is 45.8 Å². The van der Waals surface area contributed by atoms with Crippen molar-refractivity contribution in [2.45, 2.75) is 38.3 Å². The molecule has 0 N–H and O–H groups in total. The van der Waals surface area contributed by atoms with Crippen molar-refractivity contribution in [3.05, 3.63) is 72.1 Å². The first-order chi connectivity index (χ1) is 17.8. The van der Waals surface area contributed by atoms with Gasteiger partial charge in [-0.2, -0.15) is 0 Å². The Morgan fingerprint density at radius 1 is 1.03 bits per heavy atom. The van der Waals surface area contributed by atoms with Gasteiger partial charge in [0, 0.05) is 64.7 Å². The normalized spacial score (nSPS) is 22.2. The third kappa shape index (κ3) is 6.17. The highest BCUT2D eigenvalue weighted by Crippen LogP contribution is 2.33. The molecule has 8 heteroatoms. The topological polar surface area (TPSA) is 70.4 Å². The van der Waals surface area contributed by atoms with Crippen molar-refractivity contribution in [3.8, 4) is 0 Å². The Morgan fingerprint density at radius 3 is 2.64 bits per heavy atom. The SMILES string of the molecule is O=C1CCCN1CCCn1nnnc1[C@H](C1C=CC=CC1)N1CCN(C/C=C/c2ccccc2)CC1. The number of piperazine rings is 1. The van der Waals surface area contributed by atoms with Gasteiger partial charge in [0.15, 0.2) is 5.82 Å². The van der Waals surface area contributed by atoms with E-state index < -0.39 is 0 Å². The molecule has 2 saturated heterocycles. The Hall–Kier alpha value is -3.10. The molecule has 8 nitrogen and oxygen atoms in total. The number of tetrazole rings is 1. The molecule has 0 spiro atoms. The second-order valence-corrected chi connectivity index (χ2v) is 9.91. The van der Waals surface area contributed by atoms with Gasteiger partial charge in [-0.05, 0) is 35.3 Å². The lowest BCUT2D eigenvalue weighted by atomic mass is 9.90. The highest BCUT2D eigenvalue weighted by molar-refractivity contribution is 5.77. The molecule has 1 aromatic heterocycles. The number of allylic oxidation sites excluding steroid dienone is 3. The molecule has 2 fully saturated rings. The summed E-state index contributed by atoms with van der Waals surface area (Å²) in [6.45, 7) is 7.41. The molecule has 2 atom stereocenters. The predicted octanol–water partition coefficient (Wildman–Crippen LogP) is 3.19. The van der Waals surface area contributed by atoms with Gasteiger partial charge in [0.1, 0.15) is 0 Å². The van der Waals surface area contributed by atoms with Crippen molar-refractivity contribution >= 4 is 12.0 Å². The first-order valence-electron chi connectivity index (χ1n) is 13.3. The molecule has 1 aromatic carbocycles. The zero-order valence-electron chi connectivity index (χ0n) is 21.0. The fourth-order valence-electron chi connectivity index (χ4n) is 5.52. The van der Waals surface area contributed by atoms with E-state index in [1.54, 1.807) is 0 Å². The number of aryl methyl sites for hydroxylation is 1. The van der Waals surface area contributed by atoms with E-state index in [1.807, 2.05) is 9.58 Å². The summed E-state index contributed by atoms with van der Waals surface area (Å²) in [4.78, 5) is 19.0. The number of rotatable bonds is 10. The van der Waals surface area contributed by atoms with E-state index in [2.05, 4.69) is 92.1 Å². The van der Waals surface area contributed by atoms with Crippen LogP contribution in [0.25, 0.3) is 6.08 Å². The average molecular weight is 488 g/mol. The zero-order valence-corrected chi connectivity index (χ0v) is 21.0. The van der Waals surface area contributed by atoms with Crippen LogP contribution in [0.4, 0.5) is 0 Å². The van der Waals surface area contributed by atoms with Gasteiger partial charge in [-0.15, -0.1) is 5.10 Å². The molecule has 0 saturated carbocycles. The number of aromatic nitrogens is 4. The summed E-state index contributed by atoms with van der Waals surface area (Å²) in [5.41, 5.74) is 1.24. The lowest BCUT2D eigenvalue weighted by Gasteiger charge is -2.41. The maximum Gasteiger partial charge on any atom is 0.222 e. The molecule has 36 heavy (non-hydrogen) atoms. The Balaban J connectivity index is 1.21. The summed E-state index contributed by atoms with van der Waals surface area (Å²) in [5.74, 6) is 1.58. The summed E-state index contributed by atoms with van der Waals surface area (Å²) >= 11 is 0. The third-order valence-corrected chi connectivity index (χ3v) is 7.49. The third-order valence-electron chi connectivity index (χ3n) is 7.49. The van der Waals surface area contributed by atoms with Crippen LogP contribution in [0.3, 0.4) is 0 Å². The summed E-state index contributed by atoms with van der Waals surface area (Å²) in [5, 5.41) is 13.0. The molecule has 1 unspecified atom stereocenters. The summed E-state index contributed by atoms with van der Waals surface area (Å²) in [6.07, 6.45) is 16.8. The smallest absolute Gasteiger partial charge is 0.222 e. The molecular weight excluding hydrogens is 450 g/mol. The second-order valence-electron chi connectivity index (χ2n) is 9.91. The number of likely N-dealkylation sites (tertiary alicyclic amines) is 1. The quantitative estimate of drug-likeness (QED) is 0.513. The van der Waals surface area contributed by atoms with Gasteiger partial charge in [-0.25, -0.2) is 4.68 Å². The lowest BCUT2D eigenvalue weighted by molar-refractivity contribution is -0.127. The lowest BCUT2D eigenvalue weighted by Crippen LogP contribution is -2.49. The van der Waals surface area contributed by atoms with Crippen molar-refractivity contribution in [2.24, 2.45) is 5.92 Å². The van der Waals surface area contributed by atoms with Crippen LogP contribution in [-0.4, -0.2) is 86.6 Å². The Labute approximate surface area is 213 Å². The van der Waals surface area contributed by atoms with Crippen LogP contribution in [-0.2, 0) is 11.3 Å². The minimum absolute atomic E-state index is 0.150. The molecule has 0 radical (unpaired) electrons. The molecule has 5 rings (SSSR count). The standard InChI is InChI=1S/C28H37N7O/c36-26-15-8-17-33(26)18-9-19-35-28(29-30-31-35)27(25-13-5-2-6-14-25)34-22-20-32(21-23-34)16-7-12-24-10-3-1-4-11-24/h1-7,10-13,25,27H,8-9,14-23H2/b12-7+/t25?,27-/m0/s1. The van der Waals surface area contributed by atoms with Crippen LogP contribution in [0.1, 0.15) is 43.1 Å². The van der Waals surface area contributed by atoms with Crippen molar-refractivity contribution in [1.29, 1.82) is 0 Å². The van der Waals surface area contributed by atoms with Crippen LogP contribution in [0.15, 0.2) is 60.7 Å². The number of hydrogen-bond acceptors (Lipinski definition) is 6. The van der Waals surface area contributed by atoms with E-state index >= 15 is 0 Å². The minimum atomic E-state index is 0.150. The Kier molecular flexibility index (Phi) is 8.35. The van der Waals surface area contributed by atoms with Crippen LogP contribution in [0, 0.1) is 5.92 Å². The minimum Gasteiger partial charge on any atom is -0.343 e. The number of carbonyl (C=O) groups is 1. The Morgan fingerprint density at radius 2 is 1.89 bits per heavy atom. The molecule has 1 aliphatic carbocycles. The molecule has 2 aromatic rings. The maximum absolute atomic E-state index is 12.0. The van der Waals surface area contributed by atoms with E-state index in [0.717, 1.165) is 77.4 Å². The van der Waals surface area contributed by atoms with Gasteiger partial charge in [0.2, 0.25) is 5.91 Å². The molecule has 3 heterocycles. The molecule has 2 aliphatic heterocycles. The fourth-order valence-corrected chi connectivity index (χ4v) is 5.52. The number of benzene rings is 1. The van der Waals surface area contributed by atoms with Crippen LogP contribution < -0.4 is 0 Å². The van der Waals surface area contributed by atoms with Gasteiger partial charge in [0.05, 0.1) is 6.04 Å². The van der Waals surface area contributed by atoms with E-state index in [0.29, 0.717) is 12.3 Å². The van der Waals surface area contributed by atoms with E-state index in [4.69, 9.17) is 0 Å². The highest BCUT2D eigenvalue weighted by atomic mass is 16.2. The van der Waals surface area contributed by atoms with Gasteiger partial charge < -0.3 is 4.90 Å². The number of carbonyl (C=O) groups excluding carboxylic acids is 1. The number of nitrogens with zero attached hydrogens (tertiary/aromatic N) is 7. The van der Waals surface area contributed by atoms with Crippen molar-refractivity contribution in [1.82, 2.24) is 34.9 Å². The molecule has 190 valence electrons. The Bertz CT molecular complexity index is 1070. The van der Waals surface area contributed by atoms with Crippen LogP contribution >= 0.6 is 0 Å². The molecule has 1 amide bonds. The number of hydrogen-bond donors (Lipinski definition) is 0. The predicted molar refractivity (Wildman–Crippen MR) is 141 cm³/mol.